The molecule has 0 saturated carbocycles. The van der Waals surface area contributed by atoms with E-state index in [1.54, 1.807) is 31.4 Å². The number of aromatic nitrogens is 2. The van der Waals surface area contributed by atoms with E-state index in [1.165, 1.54) is 6.33 Å². The van der Waals surface area contributed by atoms with Crippen molar-refractivity contribution in [2.24, 2.45) is 0 Å². The predicted octanol–water partition coefficient (Wildman–Crippen LogP) is 2.10. The minimum absolute atomic E-state index is 0.00362. The topological polar surface area (TPSA) is 58.1 Å². The summed E-state index contributed by atoms with van der Waals surface area (Å²) in [7, 11) is 3.49. The van der Waals surface area contributed by atoms with Crippen LogP contribution in [0.25, 0.3) is 0 Å². The van der Waals surface area contributed by atoms with Crippen LogP contribution in [-0.2, 0) is 6.54 Å². The summed E-state index contributed by atoms with van der Waals surface area (Å²) in [6.45, 7) is 2.63. The maximum absolute atomic E-state index is 12.0. The van der Waals surface area contributed by atoms with Gasteiger partial charge >= 0.3 is 0 Å². The SMILES string of the molecule is Cc1ccc(C(=O)N(C)C)cc1NCc1cncnc1. The van der Waals surface area contributed by atoms with Gasteiger partial charge in [0.25, 0.3) is 5.91 Å². The van der Waals surface area contributed by atoms with Gasteiger partial charge in [0.15, 0.2) is 0 Å². The van der Waals surface area contributed by atoms with E-state index in [0.717, 1.165) is 16.8 Å². The third kappa shape index (κ3) is 3.32. The Balaban J connectivity index is 2.15. The minimum Gasteiger partial charge on any atom is -0.381 e. The van der Waals surface area contributed by atoms with Gasteiger partial charge in [-0.05, 0) is 24.6 Å². The van der Waals surface area contributed by atoms with Gasteiger partial charge in [-0.25, -0.2) is 9.97 Å². The lowest BCUT2D eigenvalue weighted by atomic mass is 10.1. The molecule has 2 rings (SSSR count). The lowest BCUT2D eigenvalue weighted by Gasteiger charge is -2.14. The highest BCUT2D eigenvalue weighted by molar-refractivity contribution is 5.95. The first-order valence-electron chi connectivity index (χ1n) is 6.38. The average molecular weight is 270 g/mol. The van der Waals surface area contributed by atoms with Crippen molar-refractivity contribution in [1.29, 1.82) is 0 Å². The third-order valence-electron chi connectivity index (χ3n) is 2.99. The smallest absolute Gasteiger partial charge is 0.253 e. The molecule has 5 nitrogen and oxygen atoms in total. The van der Waals surface area contributed by atoms with Crippen molar-refractivity contribution >= 4 is 11.6 Å². The fourth-order valence-electron chi connectivity index (χ4n) is 1.82. The molecule has 1 aromatic heterocycles. The van der Waals surface area contributed by atoms with E-state index in [9.17, 15) is 4.79 Å². The molecule has 1 heterocycles. The maximum Gasteiger partial charge on any atom is 0.253 e. The van der Waals surface area contributed by atoms with Gasteiger partial charge in [0.2, 0.25) is 0 Å². The molecule has 0 atom stereocenters. The van der Waals surface area contributed by atoms with Crippen molar-refractivity contribution in [3.8, 4) is 0 Å². The molecule has 0 saturated heterocycles. The van der Waals surface area contributed by atoms with Crippen LogP contribution >= 0.6 is 0 Å². The van der Waals surface area contributed by atoms with Crippen LogP contribution < -0.4 is 5.32 Å². The predicted molar refractivity (Wildman–Crippen MR) is 78.6 cm³/mol. The van der Waals surface area contributed by atoms with Gasteiger partial charge in [-0.2, -0.15) is 0 Å². The molecule has 104 valence electrons. The van der Waals surface area contributed by atoms with Crippen molar-refractivity contribution in [2.45, 2.75) is 13.5 Å². The lowest BCUT2D eigenvalue weighted by molar-refractivity contribution is 0.0827. The highest BCUT2D eigenvalue weighted by Gasteiger charge is 2.09. The number of amides is 1. The van der Waals surface area contributed by atoms with E-state index >= 15 is 0 Å². The second kappa shape index (κ2) is 6.14. The Bertz CT molecular complexity index is 596. The molecule has 20 heavy (non-hydrogen) atoms. The van der Waals surface area contributed by atoms with Gasteiger partial charge in [-0.1, -0.05) is 6.07 Å². The molecule has 1 N–H and O–H groups in total. The summed E-state index contributed by atoms with van der Waals surface area (Å²) >= 11 is 0. The number of anilines is 1. The first-order chi connectivity index (χ1) is 9.58. The fourth-order valence-corrected chi connectivity index (χ4v) is 1.82. The molecule has 0 bridgehead atoms. The van der Waals surface area contributed by atoms with Gasteiger partial charge in [0.05, 0.1) is 0 Å². The summed E-state index contributed by atoms with van der Waals surface area (Å²) in [5, 5.41) is 3.31. The standard InChI is InChI=1S/C15H18N4O/c1-11-4-5-13(15(20)19(2)3)6-14(11)18-9-12-7-16-10-17-8-12/h4-8,10,18H,9H2,1-3H3. The van der Waals surface area contributed by atoms with Crippen LogP contribution in [0.1, 0.15) is 21.5 Å². The Kier molecular flexibility index (Phi) is 4.30. The Morgan fingerprint density at radius 2 is 1.95 bits per heavy atom. The summed E-state index contributed by atoms with van der Waals surface area (Å²) in [4.78, 5) is 21.5. The maximum atomic E-state index is 12.0. The number of carbonyl (C=O) groups is 1. The summed E-state index contributed by atoms with van der Waals surface area (Å²) in [6, 6.07) is 5.66. The first-order valence-corrected chi connectivity index (χ1v) is 6.38. The van der Waals surface area contributed by atoms with Crippen LogP contribution in [-0.4, -0.2) is 34.9 Å². The number of nitrogens with one attached hydrogen (secondary N) is 1. The first kappa shape index (κ1) is 14.0. The molecule has 1 amide bonds. The number of rotatable bonds is 4. The van der Waals surface area contributed by atoms with Gasteiger partial charge in [-0.3, -0.25) is 4.79 Å². The highest BCUT2D eigenvalue weighted by atomic mass is 16.2. The zero-order valence-corrected chi connectivity index (χ0v) is 11.9. The van der Waals surface area contributed by atoms with E-state index in [-0.39, 0.29) is 5.91 Å². The largest absolute Gasteiger partial charge is 0.381 e. The quantitative estimate of drug-likeness (QED) is 0.924. The summed E-state index contributed by atoms with van der Waals surface area (Å²) in [5.74, 6) is -0.00362. The number of hydrogen-bond donors (Lipinski definition) is 1. The van der Waals surface area contributed by atoms with E-state index in [2.05, 4.69) is 15.3 Å². The molecule has 0 aliphatic heterocycles. The third-order valence-corrected chi connectivity index (χ3v) is 2.99. The van der Waals surface area contributed by atoms with Crippen molar-refractivity contribution in [3.63, 3.8) is 0 Å². The zero-order valence-electron chi connectivity index (χ0n) is 11.9. The van der Waals surface area contributed by atoms with Gasteiger partial charge < -0.3 is 10.2 Å². The number of hydrogen-bond acceptors (Lipinski definition) is 4. The number of carbonyl (C=O) groups excluding carboxylic acids is 1. The normalized spacial score (nSPS) is 10.2. The van der Waals surface area contributed by atoms with Crippen LogP contribution in [0.3, 0.4) is 0 Å². The Labute approximate surface area is 118 Å². The van der Waals surface area contributed by atoms with Crippen LogP contribution in [0.15, 0.2) is 36.9 Å². The van der Waals surface area contributed by atoms with Crippen LogP contribution in [0, 0.1) is 6.92 Å². The number of benzene rings is 1. The van der Waals surface area contributed by atoms with E-state index in [1.807, 2.05) is 25.1 Å². The second-order valence-corrected chi connectivity index (χ2v) is 4.83. The second-order valence-electron chi connectivity index (χ2n) is 4.83. The van der Waals surface area contributed by atoms with Gasteiger partial charge in [0.1, 0.15) is 6.33 Å². The number of aryl methyl sites for hydroxylation is 1. The van der Waals surface area contributed by atoms with Crippen molar-refractivity contribution < 1.29 is 4.79 Å². The monoisotopic (exact) mass is 270 g/mol. The summed E-state index contributed by atoms with van der Waals surface area (Å²) < 4.78 is 0. The molecule has 0 unspecified atom stereocenters. The molecule has 2 aromatic rings. The van der Waals surface area contributed by atoms with Crippen molar-refractivity contribution in [3.05, 3.63) is 53.6 Å². The minimum atomic E-state index is -0.00362. The molecular formula is C15H18N4O. The summed E-state index contributed by atoms with van der Waals surface area (Å²) in [6.07, 6.45) is 5.04. The van der Waals surface area contributed by atoms with E-state index in [4.69, 9.17) is 0 Å². The van der Waals surface area contributed by atoms with Crippen molar-refractivity contribution in [2.75, 3.05) is 19.4 Å². The van der Waals surface area contributed by atoms with Crippen LogP contribution in [0.2, 0.25) is 0 Å². The van der Waals surface area contributed by atoms with E-state index in [0.29, 0.717) is 12.1 Å². The molecule has 0 spiro atoms. The van der Waals surface area contributed by atoms with Gasteiger partial charge in [0, 0.05) is 49.8 Å². The van der Waals surface area contributed by atoms with Crippen LogP contribution in [0.5, 0.6) is 0 Å². The summed E-state index contributed by atoms with van der Waals surface area (Å²) in [5.41, 5.74) is 3.71. The molecule has 0 aliphatic rings. The highest BCUT2D eigenvalue weighted by Crippen LogP contribution is 2.18. The lowest BCUT2D eigenvalue weighted by Crippen LogP contribution is -2.21. The molecule has 0 radical (unpaired) electrons. The Morgan fingerprint density at radius 3 is 2.60 bits per heavy atom. The van der Waals surface area contributed by atoms with E-state index < -0.39 is 0 Å². The fraction of sp³-hybridized carbons (Fsp3) is 0.267. The molecular weight excluding hydrogens is 252 g/mol. The average Bonchev–Trinajstić information content (AvgIpc) is 2.46. The molecule has 5 heteroatoms. The zero-order chi connectivity index (χ0) is 14.5. The van der Waals surface area contributed by atoms with Crippen molar-refractivity contribution in [1.82, 2.24) is 14.9 Å². The van der Waals surface area contributed by atoms with Gasteiger partial charge in [-0.15, -0.1) is 0 Å². The Morgan fingerprint density at radius 1 is 1.25 bits per heavy atom. The molecule has 0 fully saturated rings. The Hall–Kier alpha value is -2.43. The number of nitrogens with zero attached hydrogens (tertiary/aromatic N) is 3. The molecule has 0 aliphatic carbocycles. The molecule has 1 aromatic carbocycles. The van der Waals surface area contributed by atoms with Crippen LogP contribution in [0.4, 0.5) is 5.69 Å².